The number of hydrogen-bond donors (Lipinski definition) is 0. The molecule has 2 aromatic heterocycles. The molecule has 126 valence electrons. The Bertz CT molecular complexity index is 964. The molecule has 0 spiro atoms. The van der Waals surface area contributed by atoms with E-state index in [9.17, 15) is 4.79 Å². The number of rotatable bonds is 2. The Morgan fingerprint density at radius 1 is 1.28 bits per heavy atom. The lowest BCUT2D eigenvalue weighted by atomic mass is 9.95. The van der Waals surface area contributed by atoms with Crippen LogP contribution in [0.15, 0.2) is 54.9 Å². The van der Waals surface area contributed by atoms with Crippen LogP contribution in [0.25, 0.3) is 11.2 Å². The van der Waals surface area contributed by atoms with E-state index in [1.165, 1.54) is 15.7 Å². The largest absolute Gasteiger partial charge is 0.330 e. The molecule has 0 N–H and O–H groups in total. The summed E-state index contributed by atoms with van der Waals surface area (Å²) in [5.41, 5.74) is 3.49. The zero-order valence-corrected chi connectivity index (χ0v) is 14.5. The quantitative estimate of drug-likeness (QED) is 0.706. The zero-order valence-electron chi connectivity index (χ0n) is 13.8. The summed E-state index contributed by atoms with van der Waals surface area (Å²) in [5, 5.41) is 4.80. The van der Waals surface area contributed by atoms with Gasteiger partial charge in [-0.1, -0.05) is 48.0 Å². The van der Waals surface area contributed by atoms with Gasteiger partial charge in [0.05, 0.1) is 11.2 Å². The second-order valence-corrected chi connectivity index (χ2v) is 6.65. The molecule has 0 saturated carbocycles. The number of halogens is 1. The molecule has 1 atom stereocenters. The standard InChI is InChI=1S/C19H17ClN4O/c1-13-9-15(14-5-3-2-4-6-14)7-8-23(13)19(25)17-10-18-21-11-16(20)12-24(18)22-17/h2-7,10-13H,8-9H2,1H3. The van der Waals surface area contributed by atoms with Crippen molar-refractivity contribution >= 4 is 28.7 Å². The minimum absolute atomic E-state index is 0.0857. The van der Waals surface area contributed by atoms with E-state index in [1.54, 1.807) is 18.5 Å². The van der Waals surface area contributed by atoms with Gasteiger partial charge in [-0.2, -0.15) is 5.10 Å². The molecule has 0 radical (unpaired) electrons. The average Bonchev–Trinajstić information content (AvgIpc) is 3.05. The number of hydrogen-bond acceptors (Lipinski definition) is 3. The number of nitrogens with zero attached hydrogens (tertiary/aromatic N) is 4. The number of amides is 1. The number of carbonyl (C=O) groups excluding carboxylic acids is 1. The summed E-state index contributed by atoms with van der Waals surface area (Å²) < 4.78 is 1.54. The summed E-state index contributed by atoms with van der Waals surface area (Å²) in [6.07, 6.45) is 6.14. The van der Waals surface area contributed by atoms with Crippen molar-refractivity contribution in [1.29, 1.82) is 0 Å². The van der Waals surface area contributed by atoms with E-state index in [0.29, 0.717) is 22.9 Å². The fourth-order valence-corrected chi connectivity index (χ4v) is 3.32. The molecule has 0 aliphatic carbocycles. The Labute approximate surface area is 150 Å². The Kier molecular flexibility index (Phi) is 4.01. The van der Waals surface area contributed by atoms with Gasteiger partial charge < -0.3 is 4.90 Å². The van der Waals surface area contributed by atoms with Crippen molar-refractivity contribution in [1.82, 2.24) is 19.5 Å². The van der Waals surface area contributed by atoms with Gasteiger partial charge in [-0.15, -0.1) is 0 Å². The van der Waals surface area contributed by atoms with Gasteiger partial charge in [-0.25, -0.2) is 9.50 Å². The van der Waals surface area contributed by atoms with Crippen molar-refractivity contribution in [2.45, 2.75) is 19.4 Å². The Balaban J connectivity index is 1.59. The van der Waals surface area contributed by atoms with Gasteiger partial charge in [-0.05, 0) is 24.5 Å². The first-order chi connectivity index (χ1) is 12.1. The Hall–Kier alpha value is -2.66. The van der Waals surface area contributed by atoms with E-state index in [2.05, 4.69) is 35.2 Å². The summed E-state index contributed by atoms with van der Waals surface area (Å²) in [6.45, 7) is 2.64. The van der Waals surface area contributed by atoms with E-state index in [-0.39, 0.29) is 11.9 Å². The Morgan fingerprint density at radius 2 is 2.08 bits per heavy atom. The molecule has 0 fully saturated rings. The minimum atomic E-state index is -0.0857. The molecule has 0 bridgehead atoms. The lowest BCUT2D eigenvalue weighted by Crippen LogP contribution is -2.41. The van der Waals surface area contributed by atoms with Gasteiger partial charge in [-0.3, -0.25) is 4.79 Å². The predicted molar refractivity (Wildman–Crippen MR) is 97.5 cm³/mol. The van der Waals surface area contributed by atoms with Crippen molar-refractivity contribution in [2.75, 3.05) is 6.54 Å². The minimum Gasteiger partial charge on any atom is -0.330 e. The van der Waals surface area contributed by atoms with Crippen molar-refractivity contribution < 1.29 is 4.79 Å². The SMILES string of the molecule is CC1CC(c2ccccc2)=CCN1C(=O)c1cc2ncc(Cl)cn2n1. The molecule has 5 nitrogen and oxygen atoms in total. The van der Waals surface area contributed by atoms with Crippen LogP contribution < -0.4 is 0 Å². The van der Waals surface area contributed by atoms with Crippen LogP contribution in [-0.2, 0) is 0 Å². The molecule has 1 aliphatic rings. The van der Waals surface area contributed by atoms with Crippen molar-refractivity contribution in [3.8, 4) is 0 Å². The summed E-state index contributed by atoms with van der Waals surface area (Å²) in [4.78, 5) is 18.9. The third-order valence-electron chi connectivity index (χ3n) is 4.49. The second kappa shape index (κ2) is 6.33. The van der Waals surface area contributed by atoms with Crippen LogP contribution in [0, 0.1) is 0 Å². The highest BCUT2D eigenvalue weighted by molar-refractivity contribution is 6.30. The highest BCUT2D eigenvalue weighted by Crippen LogP contribution is 2.27. The zero-order chi connectivity index (χ0) is 17.4. The van der Waals surface area contributed by atoms with Crippen LogP contribution in [0.2, 0.25) is 5.02 Å². The first kappa shape index (κ1) is 15.8. The van der Waals surface area contributed by atoms with Crippen molar-refractivity contribution in [3.63, 3.8) is 0 Å². The molecule has 1 aromatic carbocycles. The fourth-order valence-electron chi connectivity index (χ4n) is 3.18. The lowest BCUT2D eigenvalue weighted by molar-refractivity contribution is 0.0705. The first-order valence-electron chi connectivity index (χ1n) is 8.18. The van der Waals surface area contributed by atoms with Crippen LogP contribution >= 0.6 is 11.6 Å². The molecule has 4 rings (SSSR count). The molecule has 1 unspecified atom stereocenters. The normalized spacial score (nSPS) is 17.6. The highest BCUT2D eigenvalue weighted by atomic mass is 35.5. The summed E-state index contributed by atoms with van der Waals surface area (Å²) in [7, 11) is 0. The fraction of sp³-hybridized carbons (Fsp3) is 0.211. The molecule has 6 heteroatoms. The number of fused-ring (bicyclic) bond motifs is 1. The second-order valence-electron chi connectivity index (χ2n) is 6.21. The summed E-state index contributed by atoms with van der Waals surface area (Å²) in [6, 6.07) is 12.1. The van der Waals surface area contributed by atoms with Crippen LogP contribution in [0.5, 0.6) is 0 Å². The van der Waals surface area contributed by atoms with Crippen LogP contribution in [-0.4, -0.2) is 38.0 Å². The average molecular weight is 353 g/mol. The van der Waals surface area contributed by atoms with Crippen molar-refractivity contribution in [2.24, 2.45) is 0 Å². The van der Waals surface area contributed by atoms with Gasteiger partial charge in [0, 0.05) is 24.8 Å². The third kappa shape index (κ3) is 3.03. The van der Waals surface area contributed by atoms with Crippen LogP contribution in [0.1, 0.15) is 29.4 Å². The van der Waals surface area contributed by atoms with E-state index in [0.717, 1.165) is 6.42 Å². The van der Waals surface area contributed by atoms with Crippen LogP contribution in [0.4, 0.5) is 0 Å². The van der Waals surface area contributed by atoms with Crippen LogP contribution in [0.3, 0.4) is 0 Å². The van der Waals surface area contributed by atoms with E-state index >= 15 is 0 Å². The number of benzene rings is 1. The molecular formula is C19H17ClN4O. The molecule has 1 aliphatic heterocycles. The third-order valence-corrected chi connectivity index (χ3v) is 4.68. The molecule has 1 amide bonds. The highest BCUT2D eigenvalue weighted by Gasteiger charge is 2.27. The predicted octanol–water partition coefficient (Wildman–Crippen LogP) is 3.70. The van der Waals surface area contributed by atoms with E-state index < -0.39 is 0 Å². The maximum atomic E-state index is 12.9. The van der Waals surface area contributed by atoms with E-state index in [4.69, 9.17) is 11.6 Å². The Morgan fingerprint density at radius 3 is 2.84 bits per heavy atom. The maximum absolute atomic E-state index is 12.9. The lowest BCUT2D eigenvalue weighted by Gasteiger charge is -2.32. The maximum Gasteiger partial charge on any atom is 0.274 e. The smallest absolute Gasteiger partial charge is 0.274 e. The van der Waals surface area contributed by atoms with Gasteiger partial charge in [0.25, 0.3) is 5.91 Å². The summed E-state index contributed by atoms with van der Waals surface area (Å²) >= 11 is 5.93. The molecule has 25 heavy (non-hydrogen) atoms. The molecular weight excluding hydrogens is 336 g/mol. The van der Waals surface area contributed by atoms with Gasteiger partial charge >= 0.3 is 0 Å². The molecule has 3 heterocycles. The van der Waals surface area contributed by atoms with Gasteiger partial charge in [0.2, 0.25) is 0 Å². The molecule has 0 saturated heterocycles. The first-order valence-corrected chi connectivity index (χ1v) is 8.56. The van der Waals surface area contributed by atoms with Crippen molar-refractivity contribution in [3.05, 3.63) is 71.1 Å². The van der Waals surface area contributed by atoms with Gasteiger partial charge in [0.1, 0.15) is 0 Å². The van der Waals surface area contributed by atoms with E-state index in [1.807, 2.05) is 23.1 Å². The number of carbonyl (C=O) groups is 1. The topological polar surface area (TPSA) is 50.5 Å². The number of aromatic nitrogens is 3. The summed E-state index contributed by atoms with van der Waals surface area (Å²) in [5.74, 6) is -0.0857. The molecule has 3 aromatic rings. The monoisotopic (exact) mass is 352 g/mol. The van der Waals surface area contributed by atoms with Gasteiger partial charge in [0.15, 0.2) is 11.3 Å².